The van der Waals surface area contributed by atoms with Gasteiger partial charge in [0.1, 0.15) is 5.82 Å². The maximum absolute atomic E-state index is 12.2. The number of anilines is 1. The van der Waals surface area contributed by atoms with E-state index in [9.17, 15) is 9.59 Å². The third-order valence-electron chi connectivity index (χ3n) is 4.44. The number of amides is 2. The van der Waals surface area contributed by atoms with Crippen molar-refractivity contribution in [2.24, 2.45) is 0 Å². The molecular formula is C19H25N3O4. The number of nitrogens with zero attached hydrogens (tertiary/aromatic N) is 2. The van der Waals surface area contributed by atoms with Crippen molar-refractivity contribution in [1.29, 1.82) is 0 Å². The fraction of sp³-hybridized carbons (Fsp3) is 0.526. The number of aromatic nitrogens is 1. The van der Waals surface area contributed by atoms with Crippen molar-refractivity contribution in [3.63, 3.8) is 0 Å². The van der Waals surface area contributed by atoms with Gasteiger partial charge in [-0.05, 0) is 43.0 Å². The minimum atomic E-state index is -0.0230. The monoisotopic (exact) mass is 359 g/mol. The lowest BCUT2D eigenvalue weighted by molar-refractivity contribution is -0.139. The van der Waals surface area contributed by atoms with Crippen LogP contribution in [0.3, 0.4) is 0 Å². The average Bonchev–Trinajstić information content (AvgIpc) is 2.61. The predicted octanol–water partition coefficient (Wildman–Crippen LogP) is 1.63. The molecule has 0 bridgehead atoms. The fourth-order valence-corrected chi connectivity index (χ4v) is 2.92. The lowest BCUT2D eigenvalue weighted by atomic mass is 10.0. The maximum Gasteiger partial charge on any atom is 0.246 e. The van der Waals surface area contributed by atoms with Gasteiger partial charge in [0.05, 0.1) is 6.10 Å². The summed E-state index contributed by atoms with van der Waals surface area (Å²) in [6.45, 7) is 5.35. The summed E-state index contributed by atoms with van der Waals surface area (Å²) in [5.74, 6) is 0.595. The van der Waals surface area contributed by atoms with E-state index in [1.807, 2.05) is 13.0 Å². The number of likely N-dealkylation sites (tertiary alicyclic amines) is 1. The van der Waals surface area contributed by atoms with Gasteiger partial charge in [-0.15, -0.1) is 0 Å². The van der Waals surface area contributed by atoms with E-state index in [1.54, 1.807) is 23.2 Å². The van der Waals surface area contributed by atoms with Crippen molar-refractivity contribution in [3.8, 4) is 0 Å². The van der Waals surface area contributed by atoms with Crippen LogP contribution in [0.25, 0.3) is 6.08 Å². The first-order chi connectivity index (χ1) is 12.7. The molecule has 1 fully saturated rings. The van der Waals surface area contributed by atoms with Gasteiger partial charge < -0.3 is 19.7 Å². The molecule has 0 radical (unpaired) electrons. The molecule has 2 amide bonds. The van der Waals surface area contributed by atoms with Gasteiger partial charge in [-0.3, -0.25) is 9.59 Å². The van der Waals surface area contributed by atoms with Crippen molar-refractivity contribution in [2.75, 3.05) is 38.2 Å². The predicted molar refractivity (Wildman–Crippen MR) is 97.7 cm³/mol. The van der Waals surface area contributed by atoms with E-state index in [0.717, 1.165) is 24.2 Å². The number of fused-ring (bicyclic) bond motifs is 1. The molecular weight excluding hydrogens is 334 g/mol. The minimum absolute atomic E-state index is 0.00378. The van der Waals surface area contributed by atoms with Crippen molar-refractivity contribution in [3.05, 3.63) is 29.5 Å². The molecule has 1 aromatic heterocycles. The summed E-state index contributed by atoms with van der Waals surface area (Å²) in [5, 5.41) is 2.75. The third kappa shape index (κ3) is 4.89. The van der Waals surface area contributed by atoms with Crippen LogP contribution in [0.5, 0.6) is 0 Å². The topological polar surface area (TPSA) is 80.8 Å². The Morgan fingerprint density at radius 3 is 3.04 bits per heavy atom. The zero-order valence-corrected chi connectivity index (χ0v) is 15.1. The van der Waals surface area contributed by atoms with Gasteiger partial charge in [-0.1, -0.05) is 0 Å². The van der Waals surface area contributed by atoms with Crippen LogP contribution < -0.4 is 5.32 Å². The van der Waals surface area contributed by atoms with Gasteiger partial charge in [0, 0.05) is 51.6 Å². The normalized spacial score (nSPS) is 17.1. The van der Waals surface area contributed by atoms with E-state index in [2.05, 4.69) is 10.3 Å². The summed E-state index contributed by atoms with van der Waals surface area (Å²) in [6.07, 6.45) is 7.15. The summed E-state index contributed by atoms with van der Waals surface area (Å²) in [5.41, 5.74) is 1.86. The standard InChI is InChI=1S/C19H25N3O4/c1-2-25-8-3-9-26-16-12-22(13-16)18(24)7-4-14-10-15-5-6-17(23)21-19(15)20-11-14/h4,7,10-11,16H,2-3,5-6,8-9,12-13H2,1H3,(H,20,21,23). The molecule has 0 aliphatic carbocycles. The van der Waals surface area contributed by atoms with E-state index in [4.69, 9.17) is 9.47 Å². The van der Waals surface area contributed by atoms with Gasteiger partial charge in [0.2, 0.25) is 11.8 Å². The number of carbonyl (C=O) groups excluding carboxylic acids is 2. The second kappa shape index (κ2) is 8.91. The Balaban J connectivity index is 1.41. The highest BCUT2D eigenvalue weighted by Crippen LogP contribution is 2.21. The molecule has 7 nitrogen and oxygen atoms in total. The highest BCUT2D eigenvalue weighted by Gasteiger charge is 2.29. The summed E-state index contributed by atoms with van der Waals surface area (Å²) >= 11 is 0. The van der Waals surface area contributed by atoms with Gasteiger partial charge in [0.15, 0.2) is 0 Å². The van der Waals surface area contributed by atoms with Crippen LogP contribution in [0.15, 0.2) is 18.3 Å². The number of hydrogen-bond donors (Lipinski definition) is 1. The Labute approximate surface area is 153 Å². The number of aryl methyl sites for hydroxylation is 1. The van der Waals surface area contributed by atoms with Gasteiger partial charge in [-0.2, -0.15) is 0 Å². The molecule has 3 rings (SSSR count). The van der Waals surface area contributed by atoms with Crippen molar-refractivity contribution in [2.45, 2.75) is 32.3 Å². The van der Waals surface area contributed by atoms with E-state index in [-0.39, 0.29) is 17.9 Å². The molecule has 1 aromatic rings. The number of pyridine rings is 1. The fourth-order valence-electron chi connectivity index (χ4n) is 2.92. The Morgan fingerprint density at radius 2 is 2.23 bits per heavy atom. The molecule has 0 spiro atoms. The van der Waals surface area contributed by atoms with E-state index in [0.29, 0.717) is 45.0 Å². The molecule has 2 aliphatic rings. The lowest BCUT2D eigenvalue weighted by Gasteiger charge is -2.38. The zero-order chi connectivity index (χ0) is 18.4. The van der Waals surface area contributed by atoms with Gasteiger partial charge >= 0.3 is 0 Å². The summed E-state index contributed by atoms with van der Waals surface area (Å²) in [4.78, 5) is 29.5. The van der Waals surface area contributed by atoms with Crippen molar-refractivity contribution in [1.82, 2.24) is 9.88 Å². The maximum atomic E-state index is 12.2. The number of nitrogens with one attached hydrogen (secondary N) is 1. The Morgan fingerprint density at radius 1 is 1.38 bits per heavy atom. The Bertz CT molecular complexity index is 683. The molecule has 0 aromatic carbocycles. The largest absolute Gasteiger partial charge is 0.382 e. The lowest BCUT2D eigenvalue weighted by Crippen LogP contribution is -2.54. The highest BCUT2D eigenvalue weighted by molar-refractivity contribution is 5.94. The third-order valence-corrected chi connectivity index (χ3v) is 4.44. The molecule has 1 saturated heterocycles. The molecule has 26 heavy (non-hydrogen) atoms. The average molecular weight is 359 g/mol. The zero-order valence-electron chi connectivity index (χ0n) is 15.1. The smallest absolute Gasteiger partial charge is 0.246 e. The first-order valence-corrected chi connectivity index (χ1v) is 9.11. The summed E-state index contributed by atoms with van der Waals surface area (Å²) < 4.78 is 11.0. The van der Waals surface area contributed by atoms with E-state index < -0.39 is 0 Å². The Hall–Kier alpha value is -2.25. The van der Waals surface area contributed by atoms with Crippen LogP contribution in [0.2, 0.25) is 0 Å². The second-order valence-corrected chi connectivity index (χ2v) is 6.44. The molecule has 0 unspecified atom stereocenters. The van der Waals surface area contributed by atoms with Crippen LogP contribution in [0.1, 0.15) is 30.9 Å². The molecule has 1 N–H and O–H groups in total. The van der Waals surface area contributed by atoms with Crippen molar-refractivity contribution >= 4 is 23.7 Å². The van der Waals surface area contributed by atoms with E-state index in [1.165, 1.54) is 0 Å². The number of carbonyl (C=O) groups is 2. The van der Waals surface area contributed by atoms with Crippen LogP contribution in [0, 0.1) is 0 Å². The van der Waals surface area contributed by atoms with Crippen molar-refractivity contribution < 1.29 is 19.1 Å². The van der Waals surface area contributed by atoms with Gasteiger partial charge in [-0.25, -0.2) is 4.98 Å². The van der Waals surface area contributed by atoms with Crippen LogP contribution >= 0.6 is 0 Å². The molecule has 2 aliphatic heterocycles. The highest BCUT2D eigenvalue weighted by atomic mass is 16.5. The molecule has 0 atom stereocenters. The minimum Gasteiger partial charge on any atom is -0.382 e. The number of ether oxygens (including phenoxy) is 2. The van der Waals surface area contributed by atoms with E-state index >= 15 is 0 Å². The summed E-state index contributed by atoms with van der Waals surface area (Å²) in [6, 6.07) is 1.96. The van der Waals surface area contributed by atoms with Crippen LogP contribution in [0.4, 0.5) is 5.82 Å². The van der Waals surface area contributed by atoms with Crippen LogP contribution in [-0.2, 0) is 25.5 Å². The summed E-state index contributed by atoms with van der Waals surface area (Å²) in [7, 11) is 0. The molecule has 7 heteroatoms. The Kier molecular flexibility index (Phi) is 6.35. The first kappa shape index (κ1) is 18.5. The molecule has 140 valence electrons. The quantitative estimate of drug-likeness (QED) is 0.564. The molecule has 0 saturated carbocycles. The van der Waals surface area contributed by atoms with Crippen LogP contribution in [-0.4, -0.2) is 60.7 Å². The second-order valence-electron chi connectivity index (χ2n) is 6.44. The number of hydrogen-bond acceptors (Lipinski definition) is 5. The molecule has 3 heterocycles. The SMILES string of the molecule is CCOCCCOC1CN(C(=O)C=Cc2cnc3c(c2)CCC(=O)N3)C1. The number of rotatable bonds is 8. The first-order valence-electron chi connectivity index (χ1n) is 9.11. The van der Waals surface area contributed by atoms with Gasteiger partial charge in [0.25, 0.3) is 0 Å².